The number of nitrogens with zero attached hydrogens (tertiary/aromatic N) is 1. The molecule has 0 bridgehead atoms. The van der Waals surface area contributed by atoms with E-state index < -0.39 is 0 Å². The highest BCUT2D eigenvalue weighted by atomic mass is 32.1. The highest BCUT2D eigenvalue weighted by Gasteiger charge is 2.08. The van der Waals surface area contributed by atoms with Crippen molar-refractivity contribution in [3.8, 4) is 0 Å². The van der Waals surface area contributed by atoms with Crippen LogP contribution in [0.25, 0.3) is 10.2 Å². The molecule has 3 aromatic rings. The summed E-state index contributed by atoms with van der Waals surface area (Å²) in [7, 11) is 0. The second-order valence-corrected chi connectivity index (χ2v) is 7.96. The summed E-state index contributed by atoms with van der Waals surface area (Å²) in [6.07, 6.45) is 0.477. The van der Waals surface area contributed by atoms with Gasteiger partial charge < -0.3 is 15.4 Å². The lowest BCUT2D eigenvalue weighted by Crippen LogP contribution is -2.18. The van der Waals surface area contributed by atoms with Crippen LogP contribution >= 0.6 is 11.3 Å². The van der Waals surface area contributed by atoms with Gasteiger partial charge in [0.05, 0.1) is 16.8 Å². The smallest absolute Gasteiger partial charge is 0.250 e. The van der Waals surface area contributed by atoms with Gasteiger partial charge in [0.2, 0.25) is 11.8 Å². The SMILES string of the molecule is CC(C)CC(=O)Nc1ccc(NC(=O)COCc2nc3ccccc3s2)cc1. The normalized spacial score (nSPS) is 11.0. The number of thiazole rings is 1. The molecule has 1 heterocycles. The summed E-state index contributed by atoms with van der Waals surface area (Å²) in [6, 6.07) is 14.9. The van der Waals surface area contributed by atoms with Crippen LogP contribution in [0.2, 0.25) is 0 Å². The second kappa shape index (κ2) is 9.43. The van der Waals surface area contributed by atoms with Crippen molar-refractivity contribution in [2.45, 2.75) is 26.9 Å². The number of para-hydroxylation sites is 1. The topological polar surface area (TPSA) is 80.3 Å². The van der Waals surface area contributed by atoms with E-state index in [4.69, 9.17) is 4.74 Å². The Hall–Kier alpha value is -2.77. The maximum absolute atomic E-state index is 12.0. The van der Waals surface area contributed by atoms with Crippen molar-refractivity contribution in [2.75, 3.05) is 17.2 Å². The number of anilines is 2. The van der Waals surface area contributed by atoms with Gasteiger partial charge in [-0.15, -0.1) is 11.3 Å². The van der Waals surface area contributed by atoms with Gasteiger partial charge in [-0.05, 0) is 42.3 Å². The molecule has 1 aromatic heterocycles. The van der Waals surface area contributed by atoms with E-state index in [0.717, 1.165) is 15.2 Å². The van der Waals surface area contributed by atoms with Crippen LogP contribution in [-0.2, 0) is 20.9 Å². The number of ether oxygens (including phenoxy) is 1. The molecule has 6 nitrogen and oxygen atoms in total. The summed E-state index contributed by atoms with van der Waals surface area (Å²) in [6.45, 7) is 4.24. The van der Waals surface area contributed by atoms with E-state index in [1.54, 1.807) is 35.6 Å². The summed E-state index contributed by atoms with van der Waals surface area (Å²) in [5, 5.41) is 6.45. The fourth-order valence-corrected chi connectivity index (χ4v) is 3.53. The van der Waals surface area contributed by atoms with E-state index in [9.17, 15) is 9.59 Å². The summed E-state index contributed by atoms with van der Waals surface area (Å²) in [5.41, 5.74) is 2.29. The molecule has 146 valence electrons. The molecule has 0 saturated heterocycles. The predicted octanol–water partition coefficient (Wildman–Crippen LogP) is 4.44. The van der Waals surface area contributed by atoms with Gasteiger partial charge in [-0.3, -0.25) is 9.59 Å². The van der Waals surface area contributed by atoms with Crippen LogP contribution < -0.4 is 10.6 Å². The first-order valence-corrected chi connectivity index (χ1v) is 9.93. The van der Waals surface area contributed by atoms with E-state index >= 15 is 0 Å². The lowest BCUT2D eigenvalue weighted by atomic mass is 10.1. The van der Waals surface area contributed by atoms with Crippen molar-refractivity contribution in [1.29, 1.82) is 0 Å². The molecular weight excluding hydrogens is 374 g/mol. The summed E-state index contributed by atoms with van der Waals surface area (Å²) >= 11 is 1.56. The van der Waals surface area contributed by atoms with E-state index in [-0.39, 0.29) is 18.4 Å². The summed E-state index contributed by atoms with van der Waals surface area (Å²) in [4.78, 5) is 28.3. The Morgan fingerprint density at radius 1 is 1.00 bits per heavy atom. The minimum atomic E-state index is -0.238. The molecule has 28 heavy (non-hydrogen) atoms. The molecule has 2 amide bonds. The number of hydrogen-bond donors (Lipinski definition) is 2. The predicted molar refractivity (Wildman–Crippen MR) is 112 cm³/mol. The first kappa shape index (κ1) is 20.0. The number of carbonyl (C=O) groups is 2. The zero-order valence-electron chi connectivity index (χ0n) is 15.9. The third kappa shape index (κ3) is 5.87. The van der Waals surface area contributed by atoms with Gasteiger partial charge in [-0.2, -0.15) is 0 Å². The number of rotatable bonds is 8. The maximum atomic E-state index is 12.0. The molecule has 0 saturated carbocycles. The molecule has 0 spiro atoms. The van der Waals surface area contributed by atoms with Crippen LogP contribution in [0.5, 0.6) is 0 Å². The van der Waals surface area contributed by atoms with Crippen LogP contribution in [0.3, 0.4) is 0 Å². The Balaban J connectivity index is 1.43. The molecule has 0 unspecified atom stereocenters. The summed E-state index contributed by atoms with van der Waals surface area (Å²) in [5.74, 6) is 0.0501. The standard InChI is InChI=1S/C21H23N3O3S/c1-14(2)11-19(25)22-15-7-9-16(10-8-15)23-20(26)12-27-13-21-24-17-5-3-4-6-18(17)28-21/h3-10,14H,11-13H2,1-2H3,(H,22,25)(H,23,26). The minimum Gasteiger partial charge on any atom is -0.364 e. The van der Waals surface area contributed by atoms with Crippen molar-refractivity contribution in [1.82, 2.24) is 4.98 Å². The van der Waals surface area contributed by atoms with Crippen LogP contribution in [-0.4, -0.2) is 23.4 Å². The quantitative estimate of drug-likeness (QED) is 0.589. The van der Waals surface area contributed by atoms with Crippen molar-refractivity contribution in [3.05, 3.63) is 53.5 Å². The molecule has 0 fully saturated rings. The molecule has 7 heteroatoms. The molecule has 0 aliphatic rings. The zero-order valence-corrected chi connectivity index (χ0v) is 16.7. The van der Waals surface area contributed by atoms with Gasteiger partial charge in [0, 0.05) is 17.8 Å². The Morgan fingerprint density at radius 2 is 1.64 bits per heavy atom. The van der Waals surface area contributed by atoms with Crippen LogP contribution in [0.4, 0.5) is 11.4 Å². The van der Waals surface area contributed by atoms with Gasteiger partial charge in [0.1, 0.15) is 11.6 Å². The number of amides is 2. The molecule has 0 atom stereocenters. The number of aromatic nitrogens is 1. The van der Waals surface area contributed by atoms with Crippen molar-refractivity contribution >= 4 is 44.7 Å². The lowest BCUT2D eigenvalue weighted by Gasteiger charge is -2.09. The van der Waals surface area contributed by atoms with Crippen LogP contribution in [0, 0.1) is 5.92 Å². The van der Waals surface area contributed by atoms with Gasteiger partial charge >= 0.3 is 0 Å². The average Bonchev–Trinajstić information content (AvgIpc) is 3.05. The summed E-state index contributed by atoms with van der Waals surface area (Å²) < 4.78 is 6.58. The second-order valence-electron chi connectivity index (χ2n) is 6.84. The highest BCUT2D eigenvalue weighted by molar-refractivity contribution is 7.18. The molecule has 0 aliphatic heterocycles. The molecule has 0 radical (unpaired) electrons. The number of hydrogen-bond acceptors (Lipinski definition) is 5. The highest BCUT2D eigenvalue weighted by Crippen LogP contribution is 2.22. The largest absolute Gasteiger partial charge is 0.364 e. The average molecular weight is 398 g/mol. The Morgan fingerprint density at radius 3 is 2.29 bits per heavy atom. The van der Waals surface area contributed by atoms with Crippen molar-refractivity contribution in [2.24, 2.45) is 5.92 Å². The minimum absolute atomic E-state index is 0.0185. The molecule has 2 aromatic carbocycles. The van der Waals surface area contributed by atoms with Crippen LogP contribution in [0.1, 0.15) is 25.3 Å². The molecule has 2 N–H and O–H groups in total. The fourth-order valence-electron chi connectivity index (χ4n) is 2.63. The van der Waals surface area contributed by atoms with Crippen molar-refractivity contribution in [3.63, 3.8) is 0 Å². The Bertz CT molecular complexity index is 918. The zero-order chi connectivity index (χ0) is 19.9. The lowest BCUT2D eigenvalue weighted by molar-refractivity contribution is -0.121. The van der Waals surface area contributed by atoms with E-state index in [1.807, 2.05) is 38.1 Å². The third-order valence-corrected chi connectivity index (χ3v) is 4.85. The Kier molecular flexibility index (Phi) is 6.73. The third-order valence-electron chi connectivity index (χ3n) is 3.84. The number of fused-ring (bicyclic) bond motifs is 1. The molecule has 3 rings (SSSR count). The van der Waals surface area contributed by atoms with Gasteiger partial charge in [-0.25, -0.2) is 4.98 Å². The van der Waals surface area contributed by atoms with E-state index in [0.29, 0.717) is 30.3 Å². The first-order chi connectivity index (χ1) is 13.5. The van der Waals surface area contributed by atoms with Gasteiger partial charge in [-0.1, -0.05) is 26.0 Å². The maximum Gasteiger partial charge on any atom is 0.250 e. The molecular formula is C21H23N3O3S. The van der Waals surface area contributed by atoms with Crippen LogP contribution in [0.15, 0.2) is 48.5 Å². The van der Waals surface area contributed by atoms with E-state index in [1.165, 1.54) is 0 Å². The number of benzene rings is 2. The monoisotopic (exact) mass is 397 g/mol. The van der Waals surface area contributed by atoms with Crippen molar-refractivity contribution < 1.29 is 14.3 Å². The fraction of sp³-hybridized carbons (Fsp3) is 0.286. The number of nitrogens with one attached hydrogen (secondary N) is 2. The molecule has 0 aliphatic carbocycles. The van der Waals surface area contributed by atoms with E-state index in [2.05, 4.69) is 15.6 Å². The van der Waals surface area contributed by atoms with Gasteiger partial charge in [0.15, 0.2) is 0 Å². The first-order valence-electron chi connectivity index (χ1n) is 9.11. The number of carbonyl (C=O) groups excluding carboxylic acids is 2. The Labute approximate surface area is 167 Å². The van der Waals surface area contributed by atoms with Gasteiger partial charge in [0.25, 0.3) is 0 Å².